The van der Waals surface area contributed by atoms with Crippen molar-refractivity contribution in [2.45, 2.75) is 59.3 Å². The molecule has 0 aliphatic heterocycles. The summed E-state index contributed by atoms with van der Waals surface area (Å²) in [5.41, 5.74) is 0.695. The molecular formula is C13H24O2. The molecule has 0 spiro atoms. The van der Waals surface area contributed by atoms with Gasteiger partial charge in [-0.3, -0.25) is 0 Å². The van der Waals surface area contributed by atoms with Crippen LogP contribution in [-0.4, -0.2) is 12.6 Å². The van der Waals surface area contributed by atoms with E-state index in [2.05, 4.69) is 6.92 Å². The number of allylic oxidation sites excluding steroid dienone is 1. The van der Waals surface area contributed by atoms with Crippen molar-refractivity contribution >= 4 is 5.97 Å². The van der Waals surface area contributed by atoms with Crippen LogP contribution in [0.15, 0.2) is 11.6 Å². The largest absolute Gasteiger partial charge is 0.462 e. The molecule has 0 heterocycles. The number of carbonyl (C=O) groups is 1. The second-order valence-corrected chi connectivity index (χ2v) is 3.88. The fraction of sp³-hybridized carbons (Fsp3) is 0.769. The third kappa shape index (κ3) is 8.22. The molecular weight excluding hydrogens is 188 g/mol. The predicted molar refractivity (Wildman–Crippen MR) is 63.8 cm³/mol. The third-order valence-electron chi connectivity index (χ3n) is 2.49. The minimum atomic E-state index is -0.175. The fourth-order valence-electron chi connectivity index (χ4n) is 1.28. The molecule has 0 bridgehead atoms. The SMILES string of the molecule is CC=C(C)C(=O)OCCCCCCCC. The predicted octanol–water partition coefficient (Wildman–Crippen LogP) is 3.86. The topological polar surface area (TPSA) is 26.3 Å². The number of hydrogen-bond acceptors (Lipinski definition) is 2. The van der Waals surface area contributed by atoms with E-state index in [1.54, 1.807) is 13.0 Å². The molecule has 0 rings (SSSR count). The average Bonchev–Trinajstić information content (AvgIpc) is 2.26. The first kappa shape index (κ1) is 14.2. The van der Waals surface area contributed by atoms with Gasteiger partial charge in [0.05, 0.1) is 6.61 Å². The first-order chi connectivity index (χ1) is 7.22. The maximum absolute atomic E-state index is 11.2. The Morgan fingerprint density at radius 2 is 1.73 bits per heavy atom. The smallest absolute Gasteiger partial charge is 0.333 e. The lowest BCUT2D eigenvalue weighted by molar-refractivity contribution is -0.139. The van der Waals surface area contributed by atoms with Crippen LogP contribution < -0.4 is 0 Å². The third-order valence-corrected chi connectivity index (χ3v) is 2.49. The van der Waals surface area contributed by atoms with Gasteiger partial charge in [-0.2, -0.15) is 0 Å². The Bertz CT molecular complexity index is 195. The Morgan fingerprint density at radius 3 is 2.33 bits per heavy atom. The first-order valence-electron chi connectivity index (χ1n) is 6.02. The highest BCUT2D eigenvalue weighted by Gasteiger charge is 2.02. The molecule has 0 amide bonds. The monoisotopic (exact) mass is 212 g/mol. The molecule has 0 aliphatic rings. The van der Waals surface area contributed by atoms with Crippen molar-refractivity contribution in [1.29, 1.82) is 0 Å². The van der Waals surface area contributed by atoms with Gasteiger partial charge in [-0.1, -0.05) is 45.1 Å². The summed E-state index contributed by atoms with van der Waals surface area (Å²) >= 11 is 0. The van der Waals surface area contributed by atoms with Crippen LogP contribution in [0.2, 0.25) is 0 Å². The van der Waals surface area contributed by atoms with Gasteiger partial charge in [-0.15, -0.1) is 0 Å². The van der Waals surface area contributed by atoms with Crippen LogP contribution in [0.25, 0.3) is 0 Å². The summed E-state index contributed by atoms with van der Waals surface area (Å²) in [6, 6.07) is 0. The van der Waals surface area contributed by atoms with Gasteiger partial charge in [0.15, 0.2) is 0 Å². The molecule has 0 fully saturated rings. The van der Waals surface area contributed by atoms with Gasteiger partial charge in [-0.25, -0.2) is 4.79 Å². The van der Waals surface area contributed by atoms with E-state index in [0.717, 1.165) is 6.42 Å². The van der Waals surface area contributed by atoms with Crippen molar-refractivity contribution in [3.05, 3.63) is 11.6 Å². The van der Waals surface area contributed by atoms with Crippen molar-refractivity contribution in [3.8, 4) is 0 Å². The van der Waals surface area contributed by atoms with Gasteiger partial charge >= 0.3 is 5.97 Å². The summed E-state index contributed by atoms with van der Waals surface area (Å²) in [4.78, 5) is 11.2. The molecule has 0 aromatic rings. The summed E-state index contributed by atoms with van der Waals surface area (Å²) in [6.45, 7) is 6.41. The maximum Gasteiger partial charge on any atom is 0.333 e. The lowest BCUT2D eigenvalue weighted by Gasteiger charge is -2.04. The van der Waals surface area contributed by atoms with Gasteiger partial charge in [0, 0.05) is 5.57 Å². The van der Waals surface area contributed by atoms with E-state index >= 15 is 0 Å². The number of esters is 1. The molecule has 0 radical (unpaired) electrons. The van der Waals surface area contributed by atoms with Gasteiger partial charge in [0.25, 0.3) is 0 Å². The molecule has 0 atom stereocenters. The number of ether oxygens (including phenoxy) is 1. The van der Waals surface area contributed by atoms with E-state index in [1.807, 2.05) is 6.92 Å². The second kappa shape index (κ2) is 9.75. The van der Waals surface area contributed by atoms with Crippen molar-refractivity contribution in [2.24, 2.45) is 0 Å². The lowest BCUT2D eigenvalue weighted by Crippen LogP contribution is -2.06. The molecule has 0 aromatic heterocycles. The summed E-state index contributed by atoms with van der Waals surface area (Å²) in [7, 11) is 0. The number of unbranched alkanes of at least 4 members (excludes halogenated alkanes) is 5. The van der Waals surface area contributed by atoms with Gasteiger partial charge < -0.3 is 4.74 Å². The van der Waals surface area contributed by atoms with E-state index in [4.69, 9.17) is 4.74 Å². The van der Waals surface area contributed by atoms with Crippen molar-refractivity contribution < 1.29 is 9.53 Å². The minimum absolute atomic E-state index is 0.175. The van der Waals surface area contributed by atoms with Crippen molar-refractivity contribution in [1.82, 2.24) is 0 Å². The highest BCUT2D eigenvalue weighted by atomic mass is 16.5. The van der Waals surface area contributed by atoms with Crippen LogP contribution in [0.1, 0.15) is 59.3 Å². The number of rotatable bonds is 8. The van der Waals surface area contributed by atoms with E-state index in [9.17, 15) is 4.79 Å². The minimum Gasteiger partial charge on any atom is -0.462 e. The maximum atomic E-state index is 11.2. The Kier molecular flexibility index (Phi) is 9.24. The van der Waals surface area contributed by atoms with Crippen LogP contribution in [-0.2, 0) is 9.53 Å². The van der Waals surface area contributed by atoms with Crippen molar-refractivity contribution in [3.63, 3.8) is 0 Å². The van der Waals surface area contributed by atoms with E-state index in [1.165, 1.54) is 32.1 Å². The van der Waals surface area contributed by atoms with Crippen LogP contribution >= 0.6 is 0 Å². The quantitative estimate of drug-likeness (QED) is 0.347. The zero-order valence-corrected chi connectivity index (χ0v) is 10.3. The molecule has 0 unspecified atom stereocenters. The van der Waals surface area contributed by atoms with E-state index in [-0.39, 0.29) is 5.97 Å². The van der Waals surface area contributed by atoms with E-state index < -0.39 is 0 Å². The molecule has 15 heavy (non-hydrogen) atoms. The molecule has 0 aliphatic carbocycles. The van der Waals surface area contributed by atoms with E-state index in [0.29, 0.717) is 12.2 Å². The zero-order chi connectivity index (χ0) is 11.5. The summed E-state index contributed by atoms with van der Waals surface area (Å²) in [5, 5.41) is 0. The zero-order valence-electron chi connectivity index (χ0n) is 10.3. The van der Waals surface area contributed by atoms with Gasteiger partial charge in [0.2, 0.25) is 0 Å². The summed E-state index contributed by atoms with van der Waals surface area (Å²) in [5.74, 6) is -0.175. The van der Waals surface area contributed by atoms with Crippen LogP contribution in [0.5, 0.6) is 0 Å². The lowest BCUT2D eigenvalue weighted by atomic mass is 10.1. The van der Waals surface area contributed by atoms with Crippen LogP contribution in [0.3, 0.4) is 0 Å². The average molecular weight is 212 g/mol. The van der Waals surface area contributed by atoms with Gasteiger partial charge in [-0.05, 0) is 20.3 Å². The summed E-state index contributed by atoms with van der Waals surface area (Å²) in [6.07, 6.45) is 9.09. The second-order valence-electron chi connectivity index (χ2n) is 3.88. The highest BCUT2D eigenvalue weighted by molar-refractivity contribution is 5.87. The normalized spacial score (nSPS) is 11.5. The molecule has 0 saturated carbocycles. The summed E-state index contributed by atoms with van der Waals surface area (Å²) < 4.78 is 5.09. The molecule has 0 N–H and O–H groups in total. The highest BCUT2D eigenvalue weighted by Crippen LogP contribution is 2.05. The number of carbonyl (C=O) groups excluding carboxylic acids is 1. The first-order valence-corrected chi connectivity index (χ1v) is 6.02. The van der Waals surface area contributed by atoms with Crippen molar-refractivity contribution in [2.75, 3.05) is 6.61 Å². The molecule has 88 valence electrons. The van der Waals surface area contributed by atoms with Crippen LogP contribution in [0, 0.1) is 0 Å². The molecule has 0 aromatic carbocycles. The fourth-order valence-corrected chi connectivity index (χ4v) is 1.28. The molecule has 0 saturated heterocycles. The Hall–Kier alpha value is -0.790. The molecule has 2 heteroatoms. The standard InChI is InChI=1S/C13H24O2/c1-4-6-7-8-9-10-11-15-13(14)12(3)5-2/h5H,4,6-11H2,1-3H3. The number of hydrogen-bond donors (Lipinski definition) is 0. The Balaban J connectivity index is 3.28. The Labute approximate surface area is 93.7 Å². The van der Waals surface area contributed by atoms with Crippen LogP contribution in [0.4, 0.5) is 0 Å². The van der Waals surface area contributed by atoms with Gasteiger partial charge in [0.1, 0.15) is 0 Å². The Morgan fingerprint density at radius 1 is 1.13 bits per heavy atom. The molecule has 2 nitrogen and oxygen atoms in total.